The van der Waals surface area contributed by atoms with Crippen molar-refractivity contribution in [3.63, 3.8) is 0 Å². The Balaban J connectivity index is 1.85. The summed E-state index contributed by atoms with van der Waals surface area (Å²) >= 11 is 5.45. The van der Waals surface area contributed by atoms with Crippen molar-refractivity contribution < 1.29 is 17.9 Å². The Bertz CT molecular complexity index is 977. The lowest BCUT2D eigenvalue weighted by atomic mass is 9.91. The van der Waals surface area contributed by atoms with E-state index >= 15 is 0 Å². The second-order valence-corrected chi connectivity index (χ2v) is 6.41. The molecule has 0 bridgehead atoms. The van der Waals surface area contributed by atoms with Crippen LogP contribution in [0.4, 0.5) is 13.2 Å². The van der Waals surface area contributed by atoms with Gasteiger partial charge in [0.05, 0.1) is 5.56 Å². The van der Waals surface area contributed by atoms with Crippen molar-refractivity contribution in [1.82, 2.24) is 0 Å². The molecule has 1 atom stereocenters. The minimum absolute atomic E-state index is 0.335. The zero-order valence-corrected chi connectivity index (χ0v) is 14.3. The average Bonchev–Trinajstić information content (AvgIpc) is 2.77. The smallest absolute Gasteiger partial charge is 0.416 e. The predicted molar refractivity (Wildman–Crippen MR) is 98.0 cm³/mol. The van der Waals surface area contributed by atoms with Crippen LogP contribution < -0.4 is 0 Å². The van der Waals surface area contributed by atoms with Crippen LogP contribution in [0.5, 0.6) is 0 Å². The highest BCUT2D eigenvalue weighted by Gasteiger charge is 2.31. The van der Waals surface area contributed by atoms with Gasteiger partial charge in [-0.2, -0.15) is 13.2 Å². The number of fused-ring (bicyclic) bond motifs is 3. The number of hydrogen-bond donors (Lipinski definition) is 0. The molecule has 0 spiro atoms. The molecular weight excluding hydrogens is 357 g/mol. The van der Waals surface area contributed by atoms with Crippen molar-refractivity contribution in [3.8, 4) is 11.1 Å². The predicted octanol–water partition coefficient (Wildman–Crippen LogP) is 6.17. The van der Waals surface area contributed by atoms with Gasteiger partial charge in [0.2, 0.25) is 0 Å². The molecule has 0 fully saturated rings. The molecule has 1 aliphatic rings. The van der Waals surface area contributed by atoms with Gasteiger partial charge in [0.25, 0.3) is 0 Å². The Morgan fingerprint density at radius 1 is 0.731 bits per heavy atom. The summed E-state index contributed by atoms with van der Waals surface area (Å²) in [7, 11) is 0. The van der Waals surface area contributed by atoms with Crippen molar-refractivity contribution in [3.05, 3.63) is 95.1 Å². The number of rotatable bonds is 1. The topological polar surface area (TPSA) is 9.23 Å². The van der Waals surface area contributed by atoms with E-state index in [4.69, 9.17) is 17.0 Å². The van der Waals surface area contributed by atoms with Crippen molar-refractivity contribution >= 4 is 17.3 Å². The highest BCUT2D eigenvalue weighted by Crippen LogP contribution is 2.40. The van der Waals surface area contributed by atoms with Crippen molar-refractivity contribution in [1.29, 1.82) is 0 Å². The van der Waals surface area contributed by atoms with E-state index in [0.717, 1.165) is 34.4 Å². The summed E-state index contributed by atoms with van der Waals surface area (Å²) in [4.78, 5) is 0. The van der Waals surface area contributed by atoms with Gasteiger partial charge in [0.15, 0.2) is 11.2 Å². The van der Waals surface area contributed by atoms with E-state index < -0.39 is 17.8 Å². The molecule has 4 rings (SSSR count). The van der Waals surface area contributed by atoms with Crippen LogP contribution in [-0.4, -0.2) is 5.05 Å². The van der Waals surface area contributed by atoms with Crippen LogP contribution in [0.15, 0.2) is 72.8 Å². The van der Waals surface area contributed by atoms with E-state index in [2.05, 4.69) is 0 Å². The SMILES string of the molecule is FC(F)(F)c1ccc(C2OC(=S)c3ccccc3-c3ccccc32)cc1. The lowest BCUT2D eigenvalue weighted by molar-refractivity contribution is -0.137. The van der Waals surface area contributed by atoms with Crippen LogP contribution in [0, 0.1) is 0 Å². The molecule has 5 heteroatoms. The van der Waals surface area contributed by atoms with Gasteiger partial charge in [-0.3, -0.25) is 0 Å². The number of benzene rings is 3. The molecule has 1 unspecified atom stereocenters. The molecule has 0 aliphatic carbocycles. The van der Waals surface area contributed by atoms with Gasteiger partial charge in [0, 0.05) is 11.1 Å². The largest absolute Gasteiger partial charge is 0.470 e. The molecule has 1 heterocycles. The summed E-state index contributed by atoms with van der Waals surface area (Å²) in [5, 5.41) is 0.335. The second kappa shape index (κ2) is 6.25. The van der Waals surface area contributed by atoms with Crippen LogP contribution in [0.2, 0.25) is 0 Å². The molecule has 0 saturated carbocycles. The summed E-state index contributed by atoms with van der Waals surface area (Å²) in [5.41, 5.74) is 3.55. The van der Waals surface area contributed by atoms with Crippen LogP contribution in [0.3, 0.4) is 0 Å². The molecule has 0 radical (unpaired) electrons. The number of hydrogen-bond acceptors (Lipinski definition) is 2. The summed E-state index contributed by atoms with van der Waals surface area (Å²) in [6.45, 7) is 0. The first-order chi connectivity index (χ1) is 12.4. The van der Waals surface area contributed by atoms with E-state index in [1.54, 1.807) is 0 Å². The minimum Gasteiger partial charge on any atom is -0.470 e. The van der Waals surface area contributed by atoms with Gasteiger partial charge in [-0.15, -0.1) is 0 Å². The first kappa shape index (κ1) is 16.8. The van der Waals surface area contributed by atoms with E-state index in [0.29, 0.717) is 10.6 Å². The number of thiocarbonyl (C=S) groups is 1. The second-order valence-electron chi connectivity index (χ2n) is 6.04. The molecule has 0 amide bonds. The average molecular weight is 370 g/mol. The van der Waals surface area contributed by atoms with Gasteiger partial charge >= 0.3 is 6.18 Å². The standard InChI is InChI=1S/C21H13F3OS/c22-21(23,24)14-11-9-13(10-12-14)19-17-7-3-1-5-15(17)16-6-2-4-8-18(16)20(26)25-19/h1-12,19H. The molecule has 3 aromatic carbocycles. The van der Waals surface area contributed by atoms with Crippen molar-refractivity contribution in [2.75, 3.05) is 0 Å². The van der Waals surface area contributed by atoms with Crippen LogP contribution in [-0.2, 0) is 10.9 Å². The Labute approximate surface area is 154 Å². The van der Waals surface area contributed by atoms with Crippen LogP contribution >= 0.6 is 12.2 Å². The van der Waals surface area contributed by atoms with E-state index in [-0.39, 0.29) is 0 Å². The first-order valence-electron chi connectivity index (χ1n) is 8.01. The summed E-state index contributed by atoms with van der Waals surface area (Å²) in [6, 6.07) is 20.4. The van der Waals surface area contributed by atoms with Gasteiger partial charge in [-0.05, 0) is 47.1 Å². The molecule has 3 aromatic rings. The molecular formula is C21H13F3OS. The van der Waals surface area contributed by atoms with E-state index in [1.165, 1.54) is 12.1 Å². The maximum atomic E-state index is 12.9. The third-order valence-corrected chi connectivity index (χ3v) is 4.76. The zero-order valence-electron chi connectivity index (χ0n) is 13.5. The van der Waals surface area contributed by atoms with Crippen molar-refractivity contribution in [2.24, 2.45) is 0 Å². The van der Waals surface area contributed by atoms with E-state index in [1.807, 2.05) is 48.5 Å². The third kappa shape index (κ3) is 2.88. The van der Waals surface area contributed by atoms with Gasteiger partial charge in [-0.1, -0.05) is 54.6 Å². The number of alkyl halides is 3. The molecule has 1 nitrogen and oxygen atoms in total. The molecule has 26 heavy (non-hydrogen) atoms. The fraction of sp³-hybridized carbons (Fsp3) is 0.0952. The monoisotopic (exact) mass is 370 g/mol. The minimum atomic E-state index is -4.37. The molecule has 0 N–H and O–H groups in total. The maximum Gasteiger partial charge on any atom is 0.416 e. The van der Waals surface area contributed by atoms with Gasteiger partial charge in [-0.25, -0.2) is 0 Å². The Hall–Kier alpha value is -2.66. The highest BCUT2D eigenvalue weighted by molar-refractivity contribution is 7.80. The van der Waals surface area contributed by atoms with Crippen LogP contribution in [0.25, 0.3) is 11.1 Å². The number of halogens is 3. The highest BCUT2D eigenvalue weighted by atomic mass is 32.1. The Morgan fingerprint density at radius 3 is 1.96 bits per heavy atom. The summed E-state index contributed by atoms with van der Waals surface area (Å²) < 4.78 is 44.6. The normalized spacial score (nSPS) is 16.3. The molecule has 0 saturated heterocycles. The third-order valence-electron chi connectivity index (χ3n) is 4.45. The zero-order chi connectivity index (χ0) is 18.3. The fourth-order valence-electron chi connectivity index (χ4n) is 3.20. The summed E-state index contributed by atoms with van der Waals surface area (Å²) in [5.74, 6) is 0. The van der Waals surface area contributed by atoms with Crippen LogP contribution in [0.1, 0.15) is 28.4 Å². The maximum absolute atomic E-state index is 12.9. The Kier molecular flexibility index (Phi) is 4.04. The van der Waals surface area contributed by atoms with Gasteiger partial charge < -0.3 is 4.74 Å². The quantitative estimate of drug-likeness (QED) is 0.474. The summed E-state index contributed by atoms with van der Waals surface area (Å²) in [6.07, 6.45) is -4.93. The Morgan fingerprint density at radius 2 is 1.31 bits per heavy atom. The van der Waals surface area contributed by atoms with Gasteiger partial charge in [0.1, 0.15) is 0 Å². The number of ether oxygens (including phenoxy) is 1. The molecule has 1 aliphatic heterocycles. The first-order valence-corrected chi connectivity index (χ1v) is 8.42. The van der Waals surface area contributed by atoms with Crippen molar-refractivity contribution in [2.45, 2.75) is 12.3 Å². The fourth-order valence-corrected chi connectivity index (χ4v) is 3.47. The lowest BCUT2D eigenvalue weighted by Crippen LogP contribution is -2.11. The lowest BCUT2D eigenvalue weighted by Gasteiger charge is -2.20. The molecule has 0 aromatic heterocycles. The van der Waals surface area contributed by atoms with E-state index in [9.17, 15) is 13.2 Å². The molecule has 130 valence electrons.